The standard InChI is InChI=1S/C25H29N3O3S2/c1-16(23(29)27-13-6-7-14-27)32-25-26-22-21(19-11-4-3-5-12-20(19)33-22)24(30)28(25)17-9-8-10-18(15-17)31-2/h8-10,15-16H,3-7,11-14H2,1-2H3. The molecule has 3 heterocycles. The number of thiophene rings is 1. The molecule has 1 amide bonds. The number of aryl methyl sites for hydroxylation is 2. The van der Waals surface area contributed by atoms with Gasteiger partial charge in [-0.2, -0.15) is 0 Å². The smallest absolute Gasteiger partial charge is 0.267 e. The van der Waals surface area contributed by atoms with Crippen molar-refractivity contribution in [3.05, 3.63) is 45.1 Å². The zero-order valence-electron chi connectivity index (χ0n) is 19.1. The van der Waals surface area contributed by atoms with E-state index in [1.165, 1.54) is 28.6 Å². The number of carbonyl (C=O) groups is 1. The van der Waals surface area contributed by atoms with Crippen LogP contribution in [0.2, 0.25) is 0 Å². The van der Waals surface area contributed by atoms with Gasteiger partial charge in [0.2, 0.25) is 5.91 Å². The Balaban J connectivity index is 1.64. The highest BCUT2D eigenvalue weighted by molar-refractivity contribution is 8.00. The molecule has 1 atom stereocenters. The Morgan fingerprint density at radius 2 is 1.94 bits per heavy atom. The Labute approximate surface area is 202 Å². The number of amides is 1. The summed E-state index contributed by atoms with van der Waals surface area (Å²) in [5.41, 5.74) is 1.85. The molecule has 0 N–H and O–H groups in total. The summed E-state index contributed by atoms with van der Waals surface area (Å²) in [4.78, 5) is 36.0. The lowest BCUT2D eigenvalue weighted by molar-refractivity contribution is -0.129. The summed E-state index contributed by atoms with van der Waals surface area (Å²) in [6, 6.07) is 7.51. The van der Waals surface area contributed by atoms with Crippen LogP contribution in [0.4, 0.5) is 0 Å². The molecule has 8 heteroatoms. The Kier molecular flexibility index (Phi) is 6.47. The Hall–Kier alpha value is -2.32. The summed E-state index contributed by atoms with van der Waals surface area (Å²) >= 11 is 3.03. The van der Waals surface area contributed by atoms with Crippen LogP contribution in [0.5, 0.6) is 5.75 Å². The molecule has 0 spiro atoms. The van der Waals surface area contributed by atoms with Gasteiger partial charge in [-0.25, -0.2) is 4.98 Å². The SMILES string of the molecule is COc1cccc(-n2c(SC(C)C(=O)N3CCCC3)nc3sc4c(c3c2=O)CCCCC4)c1. The fraction of sp³-hybridized carbons (Fsp3) is 0.480. The molecule has 174 valence electrons. The first-order valence-corrected chi connectivity index (χ1v) is 13.4. The number of rotatable bonds is 5. The predicted molar refractivity (Wildman–Crippen MR) is 134 cm³/mol. The van der Waals surface area contributed by atoms with Crippen molar-refractivity contribution >= 4 is 39.2 Å². The molecule has 2 aromatic heterocycles. The van der Waals surface area contributed by atoms with Gasteiger partial charge in [0.15, 0.2) is 5.16 Å². The summed E-state index contributed by atoms with van der Waals surface area (Å²) in [6.45, 7) is 3.55. The van der Waals surface area contributed by atoms with E-state index < -0.39 is 0 Å². The predicted octanol–water partition coefficient (Wildman–Crippen LogP) is 4.83. The Morgan fingerprint density at radius 1 is 1.15 bits per heavy atom. The highest BCUT2D eigenvalue weighted by atomic mass is 32.2. The molecular weight excluding hydrogens is 454 g/mol. The van der Waals surface area contributed by atoms with Gasteiger partial charge in [0.25, 0.3) is 5.56 Å². The molecule has 0 radical (unpaired) electrons. The monoisotopic (exact) mass is 483 g/mol. The number of ether oxygens (including phenoxy) is 1. The van der Waals surface area contributed by atoms with Crippen LogP contribution >= 0.6 is 23.1 Å². The third-order valence-electron chi connectivity index (χ3n) is 6.57. The molecule has 1 saturated heterocycles. The molecule has 1 aliphatic carbocycles. The lowest BCUT2D eigenvalue weighted by Crippen LogP contribution is -2.34. The summed E-state index contributed by atoms with van der Waals surface area (Å²) < 4.78 is 7.10. The van der Waals surface area contributed by atoms with Gasteiger partial charge in [-0.1, -0.05) is 24.2 Å². The molecule has 0 saturated carbocycles. The molecule has 6 nitrogen and oxygen atoms in total. The summed E-state index contributed by atoms with van der Waals surface area (Å²) in [5, 5.41) is 1.00. The van der Waals surface area contributed by atoms with Gasteiger partial charge >= 0.3 is 0 Å². The molecular formula is C25H29N3O3S2. The van der Waals surface area contributed by atoms with Crippen LogP contribution in [0.1, 0.15) is 49.5 Å². The number of methoxy groups -OCH3 is 1. The van der Waals surface area contributed by atoms with E-state index >= 15 is 0 Å². The molecule has 1 aliphatic heterocycles. The maximum atomic E-state index is 14.0. The van der Waals surface area contributed by atoms with Crippen molar-refractivity contribution < 1.29 is 9.53 Å². The van der Waals surface area contributed by atoms with Crippen LogP contribution in [0.25, 0.3) is 15.9 Å². The molecule has 1 aromatic carbocycles. The number of nitrogens with zero attached hydrogens (tertiary/aromatic N) is 3. The average Bonchev–Trinajstić information content (AvgIpc) is 3.42. The van der Waals surface area contributed by atoms with Gasteiger partial charge in [-0.3, -0.25) is 14.2 Å². The molecule has 5 rings (SSSR count). The largest absolute Gasteiger partial charge is 0.497 e. The van der Waals surface area contributed by atoms with Gasteiger partial charge < -0.3 is 9.64 Å². The van der Waals surface area contributed by atoms with Gasteiger partial charge in [0.1, 0.15) is 10.6 Å². The summed E-state index contributed by atoms with van der Waals surface area (Å²) in [7, 11) is 1.62. The van der Waals surface area contributed by atoms with Gasteiger partial charge in [0, 0.05) is 24.0 Å². The second kappa shape index (κ2) is 9.50. The van der Waals surface area contributed by atoms with Gasteiger partial charge in [-0.05, 0) is 63.1 Å². The van der Waals surface area contributed by atoms with Gasteiger partial charge in [-0.15, -0.1) is 11.3 Å². The van der Waals surface area contributed by atoms with E-state index in [1.54, 1.807) is 23.0 Å². The fourth-order valence-corrected chi connectivity index (χ4v) is 7.14. The minimum atomic E-state index is -0.318. The molecule has 1 unspecified atom stereocenters. The van der Waals surface area contributed by atoms with Crippen molar-refractivity contribution in [2.45, 2.75) is 62.3 Å². The average molecular weight is 484 g/mol. The zero-order chi connectivity index (χ0) is 22.9. The van der Waals surface area contributed by atoms with Crippen molar-refractivity contribution in [3.8, 4) is 11.4 Å². The Bertz CT molecular complexity index is 1240. The number of likely N-dealkylation sites (tertiary alicyclic amines) is 1. The van der Waals surface area contributed by atoms with Crippen LogP contribution in [-0.2, 0) is 17.6 Å². The molecule has 3 aromatic rings. The van der Waals surface area contributed by atoms with Crippen molar-refractivity contribution in [3.63, 3.8) is 0 Å². The van der Waals surface area contributed by atoms with E-state index in [1.807, 2.05) is 36.1 Å². The first-order valence-electron chi connectivity index (χ1n) is 11.7. The van der Waals surface area contributed by atoms with E-state index in [9.17, 15) is 9.59 Å². The second-order valence-electron chi connectivity index (χ2n) is 8.77. The van der Waals surface area contributed by atoms with E-state index in [4.69, 9.17) is 9.72 Å². The molecule has 33 heavy (non-hydrogen) atoms. The normalized spacial score (nSPS) is 17.1. The first-order chi connectivity index (χ1) is 16.1. The minimum Gasteiger partial charge on any atom is -0.497 e. The van der Waals surface area contributed by atoms with Crippen LogP contribution in [-0.4, -0.2) is 45.8 Å². The zero-order valence-corrected chi connectivity index (χ0v) is 20.8. The van der Waals surface area contributed by atoms with Gasteiger partial charge in [0.05, 0.1) is 23.4 Å². The third-order valence-corrected chi connectivity index (χ3v) is 8.79. The third kappa shape index (κ3) is 4.30. The summed E-state index contributed by atoms with van der Waals surface area (Å²) in [5.74, 6) is 0.798. The first kappa shape index (κ1) is 22.5. The molecule has 2 aliphatic rings. The van der Waals surface area contributed by atoms with Crippen LogP contribution in [0.15, 0.2) is 34.2 Å². The number of benzene rings is 1. The molecule has 0 bridgehead atoms. The number of thioether (sulfide) groups is 1. The van der Waals surface area contributed by atoms with Crippen LogP contribution < -0.4 is 10.3 Å². The van der Waals surface area contributed by atoms with Crippen LogP contribution in [0.3, 0.4) is 0 Å². The number of fused-ring (bicyclic) bond motifs is 3. The number of carbonyl (C=O) groups excluding carboxylic acids is 1. The number of aromatic nitrogens is 2. The van der Waals surface area contributed by atoms with Crippen molar-refractivity contribution in [1.82, 2.24) is 14.5 Å². The van der Waals surface area contributed by atoms with E-state index in [-0.39, 0.29) is 16.7 Å². The van der Waals surface area contributed by atoms with E-state index in [0.29, 0.717) is 16.6 Å². The highest BCUT2D eigenvalue weighted by Gasteiger charge is 2.28. The fourth-order valence-electron chi connectivity index (χ4n) is 4.82. The maximum Gasteiger partial charge on any atom is 0.267 e. The van der Waals surface area contributed by atoms with E-state index in [0.717, 1.165) is 61.8 Å². The lowest BCUT2D eigenvalue weighted by Gasteiger charge is -2.21. The minimum absolute atomic E-state index is 0.0454. The number of hydrogen-bond donors (Lipinski definition) is 0. The lowest BCUT2D eigenvalue weighted by atomic mass is 10.1. The van der Waals surface area contributed by atoms with Crippen LogP contribution in [0, 0.1) is 0 Å². The van der Waals surface area contributed by atoms with Crippen molar-refractivity contribution in [2.75, 3.05) is 20.2 Å². The maximum absolute atomic E-state index is 14.0. The van der Waals surface area contributed by atoms with Crippen molar-refractivity contribution in [1.29, 1.82) is 0 Å². The highest BCUT2D eigenvalue weighted by Crippen LogP contribution is 2.35. The van der Waals surface area contributed by atoms with E-state index in [2.05, 4.69) is 0 Å². The summed E-state index contributed by atoms with van der Waals surface area (Å²) in [6.07, 6.45) is 7.53. The second-order valence-corrected chi connectivity index (χ2v) is 11.2. The topological polar surface area (TPSA) is 64.4 Å². The van der Waals surface area contributed by atoms with Crippen molar-refractivity contribution in [2.24, 2.45) is 0 Å². The Morgan fingerprint density at radius 3 is 2.73 bits per heavy atom. The molecule has 1 fully saturated rings. The number of hydrogen-bond acceptors (Lipinski definition) is 6. The quantitative estimate of drug-likeness (QED) is 0.296.